The van der Waals surface area contributed by atoms with Crippen LogP contribution in [0.2, 0.25) is 0 Å². The van der Waals surface area contributed by atoms with Crippen LogP contribution in [0.3, 0.4) is 0 Å². The van der Waals surface area contributed by atoms with Crippen LogP contribution in [-0.2, 0) is 11.5 Å². The maximum Gasteiger partial charge on any atom is 0.168 e. The van der Waals surface area contributed by atoms with E-state index in [1.807, 2.05) is 0 Å². The van der Waals surface area contributed by atoms with Crippen molar-refractivity contribution in [3.05, 3.63) is 18.2 Å². The third-order valence-corrected chi connectivity index (χ3v) is 1.13. The first-order chi connectivity index (χ1) is 4.88. The predicted molar refractivity (Wildman–Crippen MR) is 34.6 cm³/mol. The Morgan fingerprint density at radius 1 is 1.90 bits per heavy atom. The Hall–Kier alpha value is -1.16. The molecular formula is C6H8N2O2. The molecule has 0 bridgehead atoms. The van der Waals surface area contributed by atoms with E-state index in [1.165, 1.54) is 6.20 Å². The molecule has 0 unspecified atom stereocenters. The fraction of sp³-hybridized carbons (Fsp3) is 0.333. The van der Waals surface area contributed by atoms with E-state index < -0.39 is 0 Å². The van der Waals surface area contributed by atoms with Crippen LogP contribution < -0.4 is 0 Å². The summed E-state index contributed by atoms with van der Waals surface area (Å²) in [5, 5.41) is 0. The average Bonchev–Trinajstić information content (AvgIpc) is 2.36. The van der Waals surface area contributed by atoms with E-state index in [0.717, 1.165) is 6.29 Å². The van der Waals surface area contributed by atoms with Gasteiger partial charge in [0.05, 0.1) is 12.5 Å². The highest BCUT2D eigenvalue weighted by Crippen LogP contribution is 1.93. The number of aldehydes is 1. The fourth-order valence-corrected chi connectivity index (χ4v) is 0.676. The predicted octanol–water partition coefficient (Wildman–Crippen LogP) is 0.300. The molecule has 4 heteroatoms. The third-order valence-electron chi connectivity index (χ3n) is 1.13. The van der Waals surface area contributed by atoms with Crippen molar-refractivity contribution >= 4 is 6.29 Å². The summed E-state index contributed by atoms with van der Waals surface area (Å²) in [4.78, 5) is 14.0. The first kappa shape index (κ1) is 6.95. The van der Waals surface area contributed by atoms with Crippen molar-refractivity contribution in [1.29, 1.82) is 0 Å². The van der Waals surface area contributed by atoms with Crippen molar-refractivity contribution in [3.63, 3.8) is 0 Å². The van der Waals surface area contributed by atoms with Gasteiger partial charge in [-0.25, -0.2) is 4.98 Å². The van der Waals surface area contributed by atoms with Crippen LogP contribution in [0.15, 0.2) is 12.5 Å². The molecular weight excluding hydrogens is 132 g/mol. The minimum absolute atomic E-state index is 0.369. The van der Waals surface area contributed by atoms with E-state index >= 15 is 0 Å². The van der Waals surface area contributed by atoms with Crippen LogP contribution in [0, 0.1) is 0 Å². The first-order valence-electron chi connectivity index (χ1n) is 2.82. The second kappa shape index (κ2) is 3.12. The molecule has 0 amide bonds. The number of imidazole rings is 1. The molecule has 0 N–H and O–H groups in total. The molecule has 1 aromatic rings. The number of hydrogen-bond acceptors (Lipinski definition) is 3. The molecule has 0 radical (unpaired) electrons. The molecule has 0 aliphatic carbocycles. The van der Waals surface area contributed by atoms with Crippen LogP contribution in [0.25, 0.3) is 0 Å². The number of aromatic nitrogens is 2. The second-order valence-electron chi connectivity index (χ2n) is 1.82. The molecule has 0 saturated heterocycles. The quantitative estimate of drug-likeness (QED) is 0.567. The zero-order valence-electron chi connectivity index (χ0n) is 5.65. The number of carbonyl (C=O) groups is 1. The number of ether oxygens (including phenoxy) is 1. The van der Waals surface area contributed by atoms with Gasteiger partial charge in [0, 0.05) is 7.11 Å². The average molecular weight is 140 g/mol. The SMILES string of the molecule is COCn1cncc1C=O. The molecule has 0 spiro atoms. The lowest BCUT2D eigenvalue weighted by Crippen LogP contribution is -2.01. The summed E-state index contributed by atoms with van der Waals surface area (Å²) < 4.78 is 6.41. The molecule has 0 fully saturated rings. The molecule has 1 aromatic heterocycles. The summed E-state index contributed by atoms with van der Waals surface area (Å²) in [6.07, 6.45) is 3.78. The van der Waals surface area contributed by atoms with Crippen molar-refractivity contribution in [2.45, 2.75) is 6.73 Å². The largest absolute Gasteiger partial charge is 0.364 e. The standard InChI is InChI=1S/C6H8N2O2/c1-10-5-8-4-7-2-6(8)3-9/h2-4H,5H2,1H3. The number of rotatable bonds is 3. The lowest BCUT2D eigenvalue weighted by molar-refractivity contribution is 0.107. The molecule has 0 aromatic carbocycles. The molecule has 4 nitrogen and oxygen atoms in total. The number of nitrogens with zero attached hydrogens (tertiary/aromatic N) is 2. The zero-order chi connectivity index (χ0) is 7.40. The Balaban J connectivity index is 2.79. The molecule has 1 heterocycles. The maximum absolute atomic E-state index is 10.2. The zero-order valence-corrected chi connectivity index (χ0v) is 5.65. The summed E-state index contributed by atoms with van der Waals surface area (Å²) in [5.74, 6) is 0. The maximum atomic E-state index is 10.2. The number of hydrogen-bond donors (Lipinski definition) is 0. The Bertz CT molecular complexity index is 219. The molecule has 0 atom stereocenters. The molecule has 0 aliphatic rings. The van der Waals surface area contributed by atoms with Crippen molar-refractivity contribution < 1.29 is 9.53 Å². The van der Waals surface area contributed by atoms with Gasteiger partial charge >= 0.3 is 0 Å². The van der Waals surface area contributed by atoms with Gasteiger partial charge in [0.15, 0.2) is 6.29 Å². The van der Waals surface area contributed by atoms with Gasteiger partial charge in [-0.15, -0.1) is 0 Å². The van der Waals surface area contributed by atoms with Gasteiger partial charge in [-0.3, -0.25) is 4.79 Å². The van der Waals surface area contributed by atoms with Gasteiger partial charge in [-0.2, -0.15) is 0 Å². The molecule has 1 rings (SSSR count). The fourth-order valence-electron chi connectivity index (χ4n) is 0.676. The van der Waals surface area contributed by atoms with E-state index in [9.17, 15) is 4.79 Å². The first-order valence-corrected chi connectivity index (χ1v) is 2.82. The Morgan fingerprint density at radius 3 is 3.30 bits per heavy atom. The monoisotopic (exact) mass is 140 g/mol. The van der Waals surface area contributed by atoms with E-state index in [1.54, 1.807) is 18.0 Å². The van der Waals surface area contributed by atoms with Gasteiger partial charge in [0.25, 0.3) is 0 Å². The Labute approximate surface area is 58.4 Å². The number of carbonyl (C=O) groups excluding carboxylic acids is 1. The lowest BCUT2D eigenvalue weighted by Gasteiger charge is -1.99. The van der Waals surface area contributed by atoms with Crippen molar-refractivity contribution in [2.75, 3.05) is 7.11 Å². The van der Waals surface area contributed by atoms with Crippen molar-refractivity contribution in [1.82, 2.24) is 9.55 Å². The van der Waals surface area contributed by atoms with Gasteiger partial charge in [-0.05, 0) is 0 Å². The van der Waals surface area contributed by atoms with Gasteiger partial charge in [-0.1, -0.05) is 0 Å². The highest BCUT2D eigenvalue weighted by atomic mass is 16.5. The second-order valence-corrected chi connectivity index (χ2v) is 1.82. The highest BCUT2D eigenvalue weighted by Gasteiger charge is 1.96. The van der Waals surface area contributed by atoms with Crippen LogP contribution in [0.4, 0.5) is 0 Å². The van der Waals surface area contributed by atoms with E-state index in [0.29, 0.717) is 12.4 Å². The minimum atomic E-state index is 0.369. The molecule has 0 aliphatic heterocycles. The Morgan fingerprint density at radius 2 is 2.70 bits per heavy atom. The van der Waals surface area contributed by atoms with Gasteiger partial charge in [0.2, 0.25) is 0 Å². The van der Waals surface area contributed by atoms with Gasteiger partial charge < -0.3 is 9.30 Å². The summed E-state index contributed by atoms with van der Waals surface area (Å²) >= 11 is 0. The summed E-state index contributed by atoms with van der Waals surface area (Å²) in [6, 6.07) is 0. The lowest BCUT2D eigenvalue weighted by atomic mass is 10.5. The molecule has 0 saturated carbocycles. The molecule has 10 heavy (non-hydrogen) atoms. The highest BCUT2D eigenvalue weighted by molar-refractivity contribution is 5.71. The minimum Gasteiger partial charge on any atom is -0.364 e. The Kier molecular flexibility index (Phi) is 2.17. The third kappa shape index (κ3) is 1.22. The van der Waals surface area contributed by atoms with Crippen LogP contribution in [0.5, 0.6) is 0 Å². The van der Waals surface area contributed by atoms with Crippen molar-refractivity contribution in [3.8, 4) is 0 Å². The van der Waals surface area contributed by atoms with Crippen LogP contribution in [-0.4, -0.2) is 22.9 Å². The van der Waals surface area contributed by atoms with Crippen molar-refractivity contribution in [2.24, 2.45) is 0 Å². The number of methoxy groups -OCH3 is 1. The van der Waals surface area contributed by atoms with Crippen LogP contribution >= 0.6 is 0 Å². The molecule has 54 valence electrons. The van der Waals surface area contributed by atoms with E-state index in [2.05, 4.69) is 4.98 Å². The van der Waals surface area contributed by atoms with Gasteiger partial charge in [0.1, 0.15) is 12.4 Å². The normalized spacial score (nSPS) is 9.70. The topological polar surface area (TPSA) is 44.1 Å². The van der Waals surface area contributed by atoms with E-state index in [4.69, 9.17) is 4.74 Å². The summed E-state index contributed by atoms with van der Waals surface area (Å²) in [5.41, 5.74) is 0.529. The smallest absolute Gasteiger partial charge is 0.168 e. The summed E-state index contributed by atoms with van der Waals surface area (Å²) in [7, 11) is 1.56. The van der Waals surface area contributed by atoms with Crippen LogP contribution in [0.1, 0.15) is 10.5 Å². The van der Waals surface area contributed by atoms with E-state index in [-0.39, 0.29) is 0 Å². The summed E-state index contributed by atoms with van der Waals surface area (Å²) in [6.45, 7) is 0.369.